The number of nitrogens with zero attached hydrogens (tertiary/aromatic N) is 2. The van der Waals surface area contributed by atoms with Crippen LogP contribution in [0.2, 0.25) is 19.6 Å². The molecule has 2 nitrogen and oxygen atoms in total. The Hall–Kier alpha value is -7.98. The molecule has 11 aromatic carbocycles. The molecular formula is C65H50N2Si. The summed E-state index contributed by atoms with van der Waals surface area (Å²) < 4.78 is 0. The van der Waals surface area contributed by atoms with E-state index in [1.165, 1.54) is 87.6 Å². The summed E-state index contributed by atoms with van der Waals surface area (Å²) in [7, 11) is -1.48. The average Bonchev–Trinajstić information content (AvgIpc) is 3.85. The van der Waals surface area contributed by atoms with Gasteiger partial charge in [-0.2, -0.15) is 0 Å². The van der Waals surface area contributed by atoms with Gasteiger partial charge in [0.1, 0.15) is 0 Å². The number of para-hydroxylation sites is 2. The highest BCUT2D eigenvalue weighted by atomic mass is 28.3. The predicted octanol–water partition coefficient (Wildman–Crippen LogP) is 17.3. The topological polar surface area (TPSA) is 6.48 Å². The van der Waals surface area contributed by atoms with E-state index < -0.39 is 13.5 Å². The molecule has 324 valence electrons. The summed E-state index contributed by atoms with van der Waals surface area (Å²) in [5, 5.41) is 9.02. The van der Waals surface area contributed by atoms with Crippen molar-refractivity contribution in [1.82, 2.24) is 0 Å². The van der Waals surface area contributed by atoms with Crippen molar-refractivity contribution < 1.29 is 0 Å². The van der Waals surface area contributed by atoms with Crippen LogP contribution in [-0.2, 0) is 5.41 Å². The van der Waals surface area contributed by atoms with Crippen molar-refractivity contribution in [2.75, 3.05) is 9.80 Å². The highest BCUT2D eigenvalue weighted by Crippen LogP contribution is 2.66. The van der Waals surface area contributed by atoms with Gasteiger partial charge in [0.2, 0.25) is 0 Å². The highest BCUT2D eigenvalue weighted by Gasteiger charge is 2.53. The van der Waals surface area contributed by atoms with Crippen LogP contribution < -0.4 is 15.0 Å². The van der Waals surface area contributed by atoms with Crippen LogP contribution in [0.25, 0.3) is 54.6 Å². The molecular weight excluding hydrogens is 837 g/mol. The smallest absolute Gasteiger partial charge is 0.0775 e. The maximum atomic E-state index is 2.45. The molecule has 2 aliphatic carbocycles. The Morgan fingerprint density at radius 1 is 0.338 bits per heavy atom. The van der Waals surface area contributed by atoms with E-state index in [2.05, 4.69) is 267 Å². The maximum Gasteiger partial charge on any atom is 0.0775 e. The molecule has 0 aliphatic heterocycles. The zero-order chi connectivity index (χ0) is 45.7. The molecule has 2 aliphatic rings. The summed E-state index contributed by atoms with van der Waals surface area (Å²) in [5.41, 5.74) is 18.2. The summed E-state index contributed by atoms with van der Waals surface area (Å²) in [4.78, 5) is 4.80. The van der Waals surface area contributed by atoms with Gasteiger partial charge in [0.15, 0.2) is 0 Å². The number of fused-ring (bicyclic) bond motifs is 16. The van der Waals surface area contributed by atoms with E-state index in [0.29, 0.717) is 0 Å². The van der Waals surface area contributed by atoms with Gasteiger partial charge in [0, 0.05) is 34.1 Å². The average molecular weight is 887 g/mol. The zero-order valence-electron chi connectivity index (χ0n) is 38.8. The molecule has 0 aromatic heterocycles. The second kappa shape index (κ2) is 15.3. The largest absolute Gasteiger partial charge is 0.310 e. The second-order valence-corrected chi connectivity index (χ2v) is 24.8. The van der Waals surface area contributed by atoms with E-state index in [4.69, 9.17) is 0 Å². The number of hydrogen-bond acceptors (Lipinski definition) is 2. The van der Waals surface area contributed by atoms with E-state index in [-0.39, 0.29) is 0 Å². The van der Waals surface area contributed by atoms with Gasteiger partial charge in [-0.1, -0.05) is 188 Å². The Morgan fingerprint density at radius 3 is 1.38 bits per heavy atom. The quantitative estimate of drug-likeness (QED) is 0.147. The second-order valence-electron chi connectivity index (χ2n) is 19.8. The lowest BCUT2D eigenvalue weighted by molar-refractivity contribution is 0.810. The first-order valence-electron chi connectivity index (χ1n) is 23.9. The van der Waals surface area contributed by atoms with Crippen LogP contribution in [0, 0.1) is 6.92 Å². The Balaban J connectivity index is 1.07. The molecule has 1 atom stereocenters. The lowest BCUT2D eigenvalue weighted by Gasteiger charge is -2.33. The van der Waals surface area contributed by atoms with Crippen LogP contribution in [0.4, 0.5) is 34.1 Å². The molecule has 1 unspecified atom stereocenters. The van der Waals surface area contributed by atoms with Crippen molar-refractivity contribution in [3.63, 3.8) is 0 Å². The standard InChI is InChI=1S/C65H50N2Si/c1-43-23-28-49(29-24-43)66(47-16-7-5-8-17-47)51-32-38-55-45(41-51)25-36-57-58-37-26-46-42-52(67(48-18-9-6-10-19-48)50-30-34-53(35-31-50)68(2,3)4)33-39-56(46)64(58)65(63(55)57)60-22-14-13-21-59(60)62-54-20-12-11-15-44(54)27-40-61(62)65/h5-42H,1-4H3. The summed E-state index contributed by atoms with van der Waals surface area (Å²) in [6.45, 7) is 9.40. The molecule has 0 heterocycles. The SMILES string of the molecule is Cc1ccc(N(c2ccccc2)c2ccc3c4c(ccc3c2)-c2ccc3cc(N(c5ccccc5)c5ccc([Si](C)(C)C)cc5)ccc3c2C42c3ccccc3-c3c2ccc2ccccc32)cc1. The first kappa shape index (κ1) is 40.3. The van der Waals surface area contributed by atoms with E-state index in [1.807, 2.05) is 0 Å². The van der Waals surface area contributed by atoms with Crippen LogP contribution in [0.1, 0.15) is 27.8 Å². The van der Waals surface area contributed by atoms with Crippen molar-refractivity contribution in [2.45, 2.75) is 32.0 Å². The molecule has 0 amide bonds. The Kier molecular flexibility index (Phi) is 9.06. The van der Waals surface area contributed by atoms with Crippen LogP contribution in [0.15, 0.2) is 231 Å². The lowest BCUT2D eigenvalue weighted by Crippen LogP contribution is -2.37. The third kappa shape index (κ3) is 6.02. The molecule has 13 rings (SSSR count). The van der Waals surface area contributed by atoms with Crippen LogP contribution in [-0.4, -0.2) is 8.07 Å². The van der Waals surface area contributed by atoms with E-state index in [9.17, 15) is 0 Å². The number of aryl methyl sites for hydroxylation is 1. The van der Waals surface area contributed by atoms with Gasteiger partial charge >= 0.3 is 0 Å². The minimum atomic E-state index is -1.48. The van der Waals surface area contributed by atoms with Crippen molar-refractivity contribution in [2.24, 2.45) is 0 Å². The van der Waals surface area contributed by atoms with Gasteiger partial charge in [-0.25, -0.2) is 0 Å². The highest BCUT2D eigenvalue weighted by molar-refractivity contribution is 6.88. The molecule has 11 aromatic rings. The van der Waals surface area contributed by atoms with E-state index >= 15 is 0 Å². The van der Waals surface area contributed by atoms with Crippen LogP contribution in [0.3, 0.4) is 0 Å². The fourth-order valence-electron chi connectivity index (χ4n) is 11.7. The van der Waals surface area contributed by atoms with E-state index in [1.54, 1.807) is 0 Å². The van der Waals surface area contributed by atoms with E-state index in [0.717, 1.165) is 34.1 Å². The first-order chi connectivity index (χ1) is 33.3. The van der Waals surface area contributed by atoms with Gasteiger partial charge in [-0.15, -0.1) is 0 Å². The lowest BCUT2D eigenvalue weighted by atomic mass is 9.68. The van der Waals surface area contributed by atoms with Crippen LogP contribution in [0.5, 0.6) is 0 Å². The monoisotopic (exact) mass is 886 g/mol. The van der Waals surface area contributed by atoms with Crippen LogP contribution >= 0.6 is 0 Å². The van der Waals surface area contributed by atoms with Gasteiger partial charge in [0.05, 0.1) is 13.5 Å². The van der Waals surface area contributed by atoms with Gasteiger partial charge in [-0.3, -0.25) is 0 Å². The van der Waals surface area contributed by atoms with Gasteiger partial charge in [0.25, 0.3) is 0 Å². The molecule has 0 fully saturated rings. The molecule has 68 heavy (non-hydrogen) atoms. The summed E-state index contributed by atoms with van der Waals surface area (Å²) >= 11 is 0. The van der Waals surface area contributed by atoms with Gasteiger partial charge in [-0.05, 0) is 157 Å². The van der Waals surface area contributed by atoms with Crippen molar-refractivity contribution >= 4 is 79.7 Å². The summed E-state index contributed by atoms with van der Waals surface area (Å²) in [6, 6.07) is 86.7. The number of hydrogen-bond donors (Lipinski definition) is 0. The molecule has 0 radical (unpaired) electrons. The minimum Gasteiger partial charge on any atom is -0.310 e. The maximum absolute atomic E-state index is 2.45. The minimum absolute atomic E-state index is 0.579. The molecule has 0 saturated carbocycles. The third-order valence-corrected chi connectivity index (χ3v) is 16.9. The molecule has 0 N–H and O–H groups in total. The number of rotatable bonds is 7. The number of benzene rings is 11. The van der Waals surface area contributed by atoms with Crippen molar-refractivity contribution in [3.8, 4) is 22.3 Å². The van der Waals surface area contributed by atoms with Crippen molar-refractivity contribution in [1.29, 1.82) is 0 Å². The Bertz CT molecular complexity index is 3780. The first-order valence-corrected chi connectivity index (χ1v) is 27.4. The molecule has 0 bridgehead atoms. The van der Waals surface area contributed by atoms with Gasteiger partial charge < -0.3 is 9.80 Å². The zero-order valence-corrected chi connectivity index (χ0v) is 39.8. The predicted molar refractivity (Wildman–Crippen MR) is 292 cm³/mol. The summed E-state index contributed by atoms with van der Waals surface area (Å²) in [5.74, 6) is 0. The van der Waals surface area contributed by atoms with Crippen molar-refractivity contribution in [3.05, 3.63) is 258 Å². The fourth-order valence-corrected chi connectivity index (χ4v) is 12.9. The normalized spacial score (nSPS) is 14.5. The molecule has 1 spiro atoms. The molecule has 3 heteroatoms. The molecule has 0 saturated heterocycles. The summed E-state index contributed by atoms with van der Waals surface area (Å²) in [6.07, 6.45) is 0. The Morgan fingerprint density at radius 2 is 0.809 bits per heavy atom. The third-order valence-electron chi connectivity index (χ3n) is 14.8. The number of anilines is 6. The Labute approximate surface area is 400 Å². The fraction of sp³-hybridized carbons (Fsp3) is 0.0769.